The summed E-state index contributed by atoms with van der Waals surface area (Å²) in [6.45, 7) is 6.81. The lowest BCUT2D eigenvalue weighted by Gasteiger charge is -2.27. The van der Waals surface area contributed by atoms with Gasteiger partial charge < -0.3 is 9.47 Å². The normalized spacial score (nSPS) is 14.4. The summed E-state index contributed by atoms with van der Waals surface area (Å²) < 4.78 is 2.27. The van der Waals surface area contributed by atoms with Crippen LogP contribution in [0.4, 0.5) is 0 Å². The van der Waals surface area contributed by atoms with Gasteiger partial charge in [0.15, 0.2) is 0 Å². The molecule has 3 rings (SSSR count). The van der Waals surface area contributed by atoms with E-state index in [9.17, 15) is 4.79 Å². The van der Waals surface area contributed by atoms with E-state index in [2.05, 4.69) is 29.5 Å². The van der Waals surface area contributed by atoms with Crippen LogP contribution in [0.15, 0.2) is 30.6 Å². The van der Waals surface area contributed by atoms with Gasteiger partial charge in [-0.15, -0.1) is 0 Å². The van der Waals surface area contributed by atoms with Gasteiger partial charge in [0.25, 0.3) is 5.91 Å². The molecule has 2 aromatic heterocycles. The zero-order chi connectivity index (χ0) is 14.8. The first-order chi connectivity index (χ1) is 10.3. The maximum atomic E-state index is 12.6. The molecular formula is C17H21N3O. The zero-order valence-electron chi connectivity index (χ0n) is 12.7. The van der Waals surface area contributed by atoms with Crippen molar-refractivity contribution in [2.45, 2.75) is 33.2 Å². The monoisotopic (exact) mass is 283 g/mol. The van der Waals surface area contributed by atoms with E-state index in [0.717, 1.165) is 49.3 Å². The molecule has 110 valence electrons. The van der Waals surface area contributed by atoms with E-state index in [-0.39, 0.29) is 5.91 Å². The van der Waals surface area contributed by atoms with Crippen molar-refractivity contribution < 1.29 is 4.79 Å². The number of nitrogens with zero attached hydrogens (tertiary/aromatic N) is 3. The molecule has 1 aliphatic heterocycles. The summed E-state index contributed by atoms with van der Waals surface area (Å²) in [5.41, 5.74) is 4.30. The van der Waals surface area contributed by atoms with Crippen LogP contribution in [-0.2, 0) is 13.0 Å². The Kier molecular flexibility index (Phi) is 3.78. The molecule has 1 aliphatic rings. The highest BCUT2D eigenvalue weighted by atomic mass is 16.2. The van der Waals surface area contributed by atoms with Crippen molar-refractivity contribution in [2.75, 3.05) is 13.1 Å². The maximum absolute atomic E-state index is 12.6. The first-order valence-electron chi connectivity index (χ1n) is 7.68. The van der Waals surface area contributed by atoms with Gasteiger partial charge in [0.2, 0.25) is 0 Å². The van der Waals surface area contributed by atoms with Gasteiger partial charge in [-0.3, -0.25) is 9.78 Å². The van der Waals surface area contributed by atoms with Crippen LogP contribution in [0, 0.1) is 0 Å². The molecule has 0 N–H and O–H groups in total. The van der Waals surface area contributed by atoms with Gasteiger partial charge in [-0.05, 0) is 31.5 Å². The number of carbonyl (C=O) groups is 1. The highest BCUT2D eigenvalue weighted by Crippen LogP contribution is 2.29. The van der Waals surface area contributed by atoms with Gasteiger partial charge in [0.1, 0.15) is 0 Å². The van der Waals surface area contributed by atoms with Crippen LogP contribution in [0.3, 0.4) is 0 Å². The fourth-order valence-electron chi connectivity index (χ4n) is 3.16. The Morgan fingerprint density at radius 2 is 2.00 bits per heavy atom. The molecule has 0 radical (unpaired) electrons. The summed E-state index contributed by atoms with van der Waals surface area (Å²) in [5.74, 6) is 0.181. The van der Waals surface area contributed by atoms with Crippen LogP contribution >= 0.6 is 0 Å². The minimum absolute atomic E-state index is 0.181. The molecule has 2 aromatic rings. The second-order valence-electron chi connectivity index (χ2n) is 5.41. The van der Waals surface area contributed by atoms with E-state index < -0.39 is 0 Å². The van der Waals surface area contributed by atoms with Crippen LogP contribution in [-0.4, -0.2) is 33.4 Å². The summed E-state index contributed by atoms with van der Waals surface area (Å²) >= 11 is 0. The highest BCUT2D eigenvalue weighted by molar-refractivity contribution is 5.98. The second-order valence-corrected chi connectivity index (χ2v) is 5.41. The van der Waals surface area contributed by atoms with Crippen molar-refractivity contribution in [1.29, 1.82) is 0 Å². The van der Waals surface area contributed by atoms with E-state index >= 15 is 0 Å². The molecule has 4 nitrogen and oxygen atoms in total. The van der Waals surface area contributed by atoms with Crippen LogP contribution in [0.25, 0.3) is 11.3 Å². The lowest BCUT2D eigenvalue weighted by atomic mass is 10.1. The molecule has 0 spiro atoms. The molecule has 0 aromatic carbocycles. The van der Waals surface area contributed by atoms with Crippen molar-refractivity contribution in [3.8, 4) is 11.3 Å². The van der Waals surface area contributed by atoms with Gasteiger partial charge in [0, 0.05) is 55.4 Å². The Morgan fingerprint density at radius 1 is 1.24 bits per heavy atom. The van der Waals surface area contributed by atoms with E-state index in [1.54, 1.807) is 12.4 Å². The van der Waals surface area contributed by atoms with Crippen molar-refractivity contribution in [2.24, 2.45) is 0 Å². The number of amides is 1. The SMILES string of the molecule is CCCN1CCc2c(cc(-c3ccncc3)n2CC)C1=O. The van der Waals surface area contributed by atoms with Crippen molar-refractivity contribution in [3.63, 3.8) is 0 Å². The zero-order valence-corrected chi connectivity index (χ0v) is 12.7. The lowest BCUT2D eigenvalue weighted by molar-refractivity contribution is 0.0738. The summed E-state index contributed by atoms with van der Waals surface area (Å²) in [4.78, 5) is 18.7. The molecule has 0 fully saturated rings. The average Bonchev–Trinajstić information content (AvgIpc) is 2.90. The number of hydrogen-bond donors (Lipinski definition) is 0. The first-order valence-corrected chi connectivity index (χ1v) is 7.68. The van der Waals surface area contributed by atoms with Gasteiger partial charge >= 0.3 is 0 Å². The van der Waals surface area contributed by atoms with Crippen molar-refractivity contribution >= 4 is 5.91 Å². The minimum Gasteiger partial charge on any atom is -0.344 e. The lowest BCUT2D eigenvalue weighted by Crippen LogP contribution is -2.38. The Bertz CT molecular complexity index is 646. The number of rotatable bonds is 4. The fourth-order valence-corrected chi connectivity index (χ4v) is 3.16. The number of pyridine rings is 1. The molecule has 0 saturated carbocycles. The molecule has 0 aliphatic carbocycles. The first kappa shape index (κ1) is 13.9. The van der Waals surface area contributed by atoms with E-state index in [1.807, 2.05) is 17.0 Å². The van der Waals surface area contributed by atoms with Gasteiger partial charge in [-0.25, -0.2) is 0 Å². The van der Waals surface area contributed by atoms with Crippen LogP contribution < -0.4 is 0 Å². The molecule has 0 bridgehead atoms. The molecule has 0 unspecified atom stereocenters. The Labute approximate surface area is 125 Å². The van der Waals surface area contributed by atoms with Crippen molar-refractivity contribution in [1.82, 2.24) is 14.5 Å². The number of fused-ring (bicyclic) bond motifs is 1. The van der Waals surface area contributed by atoms with E-state index in [0.29, 0.717) is 0 Å². The number of carbonyl (C=O) groups excluding carboxylic acids is 1. The predicted molar refractivity (Wildman–Crippen MR) is 83.2 cm³/mol. The molecule has 21 heavy (non-hydrogen) atoms. The van der Waals surface area contributed by atoms with Crippen LogP contribution in [0.1, 0.15) is 36.3 Å². The average molecular weight is 283 g/mol. The minimum atomic E-state index is 0.181. The Hall–Kier alpha value is -2.10. The topological polar surface area (TPSA) is 38.1 Å². The summed E-state index contributed by atoms with van der Waals surface area (Å²) in [7, 11) is 0. The Balaban J connectivity index is 2.06. The number of hydrogen-bond acceptors (Lipinski definition) is 2. The van der Waals surface area contributed by atoms with Gasteiger partial charge in [-0.2, -0.15) is 0 Å². The van der Waals surface area contributed by atoms with Crippen molar-refractivity contribution in [3.05, 3.63) is 41.9 Å². The summed E-state index contributed by atoms with van der Waals surface area (Å²) in [5, 5.41) is 0. The quantitative estimate of drug-likeness (QED) is 0.865. The predicted octanol–water partition coefficient (Wildman–Crippen LogP) is 2.98. The van der Waals surface area contributed by atoms with Crippen LogP contribution in [0.2, 0.25) is 0 Å². The van der Waals surface area contributed by atoms with E-state index in [1.165, 1.54) is 5.69 Å². The maximum Gasteiger partial charge on any atom is 0.255 e. The smallest absolute Gasteiger partial charge is 0.255 e. The highest BCUT2D eigenvalue weighted by Gasteiger charge is 2.28. The third kappa shape index (κ3) is 2.35. The standard InChI is InChI=1S/C17H21N3O/c1-3-10-19-11-7-15-14(17(19)21)12-16(20(15)4-2)13-5-8-18-9-6-13/h5-6,8-9,12H,3-4,7,10-11H2,1-2H3. The third-order valence-electron chi connectivity index (χ3n) is 4.13. The summed E-state index contributed by atoms with van der Waals surface area (Å²) in [6.07, 6.45) is 5.55. The second kappa shape index (κ2) is 5.72. The van der Waals surface area contributed by atoms with Gasteiger partial charge in [-0.1, -0.05) is 6.92 Å². The molecular weight excluding hydrogens is 262 g/mol. The number of aromatic nitrogens is 2. The van der Waals surface area contributed by atoms with E-state index in [4.69, 9.17) is 0 Å². The molecule has 3 heterocycles. The third-order valence-corrected chi connectivity index (χ3v) is 4.13. The largest absolute Gasteiger partial charge is 0.344 e. The van der Waals surface area contributed by atoms with Gasteiger partial charge in [0.05, 0.1) is 5.56 Å². The van der Waals surface area contributed by atoms with Crippen LogP contribution in [0.5, 0.6) is 0 Å². The fraction of sp³-hybridized carbons (Fsp3) is 0.412. The molecule has 0 atom stereocenters. The Morgan fingerprint density at radius 3 is 2.67 bits per heavy atom. The molecule has 0 saturated heterocycles. The summed E-state index contributed by atoms with van der Waals surface area (Å²) in [6, 6.07) is 6.06. The molecule has 4 heteroatoms. The molecule has 1 amide bonds.